The maximum atomic E-state index is 13.5. The van der Waals surface area contributed by atoms with Crippen LogP contribution in [0.3, 0.4) is 0 Å². The van der Waals surface area contributed by atoms with Gasteiger partial charge in [0.25, 0.3) is 5.56 Å². The van der Waals surface area contributed by atoms with E-state index in [0.717, 1.165) is 48.5 Å². The molecule has 5 rings (SSSR count). The van der Waals surface area contributed by atoms with Gasteiger partial charge in [-0.3, -0.25) is 9.59 Å². The number of nitrogens with zero attached hydrogens (tertiary/aromatic N) is 6. The highest BCUT2D eigenvalue weighted by atomic mass is 19.1. The minimum absolute atomic E-state index is 0.124. The Balaban J connectivity index is 1.32. The summed E-state index contributed by atoms with van der Waals surface area (Å²) in [5.41, 5.74) is 2.66. The fourth-order valence-corrected chi connectivity index (χ4v) is 5.05. The van der Waals surface area contributed by atoms with E-state index in [2.05, 4.69) is 25.8 Å². The number of ether oxygens (including phenoxy) is 1. The van der Waals surface area contributed by atoms with E-state index in [1.54, 1.807) is 26.1 Å². The molecule has 1 fully saturated rings. The number of esters is 1. The molecule has 2 aromatic carbocycles. The van der Waals surface area contributed by atoms with Gasteiger partial charge in [-0.2, -0.15) is 0 Å². The van der Waals surface area contributed by atoms with Crippen LogP contribution in [0.1, 0.15) is 25.3 Å². The number of imidazole rings is 1. The molecule has 1 aliphatic rings. The Morgan fingerprint density at radius 2 is 1.85 bits per heavy atom. The van der Waals surface area contributed by atoms with Gasteiger partial charge < -0.3 is 24.4 Å². The molecule has 0 aliphatic carbocycles. The number of halogens is 1. The summed E-state index contributed by atoms with van der Waals surface area (Å²) in [6, 6.07) is 15.6. The SMILES string of the molecule is CNC(C)C(=O)OCn1c(N(C)C2CCN(c3nc4ccccc4n3Cc3ccc(F)cc3)CC2)nccc1=O. The molecular formula is C29H34FN7O3. The van der Waals surface area contributed by atoms with Crippen molar-refractivity contribution in [2.45, 2.75) is 45.1 Å². The van der Waals surface area contributed by atoms with E-state index in [4.69, 9.17) is 9.72 Å². The topological polar surface area (TPSA) is 97.5 Å². The molecule has 0 saturated carbocycles. The van der Waals surface area contributed by atoms with Crippen LogP contribution in [0, 0.1) is 5.82 Å². The van der Waals surface area contributed by atoms with Crippen molar-refractivity contribution in [1.29, 1.82) is 0 Å². The Hall–Kier alpha value is -4.25. The minimum Gasteiger partial charge on any atom is -0.443 e. The molecule has 1 unspecified atom stereocenters. The van der Waals surface area contributed by atoms with E-state index >= 15 is 0 Å². The maximum Gasteiger partial charge on any atom is 0.324 e. The monoisotopic (exact) mass is 547 g/mol. The van der Waals surface area contributed by atoms with Gasteiger partial charge in [-0.15, -0.1) is 0 Å². The average Bonchev–Trinajstić information content (AvgIpc) is 3.34. The van der Waals surface area contributed by atoms with E-state index in [1.165, 1.54) is 29.0 Å². The fraction of sp³-hybridized carbons (Fsp3) is 0.379. The normalized spacial score (nSPS) is 14.8. The molecule has 2 aromatic heterocycles. The van der Waals surface area contributed by atoms with E-state index in [0.29, 0.717) is 12.5 Å². The van der Waals surface area contributed by atoms with Crippen LogP contribution in [0.15, 0.2) is 65.6 Å². The number of anilines is 2. The van der Waals surface area contributed by atoms with Gasteiger partial charge in [0.2, 0.25) is 11.9 Å². The summed E-state index contributed by atoms with van der Waals surface area (Å²) in [5.74, 6) is 0.643. The lowest BCUT2D eigenvalue weighted by molar-refractivity contribution is -0.149. The third kappa shape index (κ3) is 5.69. The standard InChI is InChI=1S/C29H34FN7O3/c1-20(31-2)27(39)40-19-37-26(38)12-15-32-28(37)34(3)23-13-16-35(17-14-23)29-33-24-6-4-5-7-25(24)36(29)18-21-8-10-22(30)11-9-21/h4-12,15,20,23,31H,13-14,16-19H2,1-3H3. The van der Waals surface area contributed by atoms with E-state index < -0.39 is 12.0 Å². The number of likely N-dealkylation sites (N-methyl/N-ethyl adjacent to an activating group) is 1. The molecular weight excluding hydrogens is 513 g/mol. The van der Waals surface area contributed by atoms with Crippen LogP contribution in [0.5, 0.6) is 0 Å². The zero-order valence-electron chi connectivity index (χ0n) is 23.0. The molecule has 40 heavy (non-hydrogen) atoms. The van der Waals surface area contributed by atoms with Crippen molar-refractivity contribution in [3.8, 4) is 0 Å². The molecule has 210 valence electrons. The molecule has 10 nitrogen and oxygen atoms in total. The number of carbonyl (C=O) groups excluding carboxylic acids is 1. The van der Waals surface area contributed by atoms with Crippen molar-refractivity contribution >= 4 is 28.9 Å². The predicted octanol–water partition coefficient (Wildman–Crippen LogP) is 2.99. The second-order valence-corrected chi connectivity index (χ2v) is 10.1. The van der Waals surface area contributed by atoms with Gasteiger partial charge in [-0.1, -0.05) is 24.3 Å². The van der Waals surface area contributed by atoms with E-state index in [-0.39, 0.29) is 24.1 Å². The van der Waals surface area contributed by atoms with Crippen LogP contribution in [-0.4, -0.2) is 64.3 Å². The highest BCUT2D eigenvalue weighted by Gasteiger charge is 2.28. The van der Waals surface area contributed by atoms with Crippen molar-refractivity contribution in [2.24, 2.45) is 0 Å². The molecule has 11 heteroatoms. The first-order valence-electron chi connectivity index (χ1n) is 13.4. The van der Waals surface area contributed by atoms with Crippen molar-refractivity contribution in [1.82, 2.24) is 24.4 Å². The van der Waals surface area contributed by atoms with E-state index in [1.807, 2.05) is 30.1 Å². The molecule has 0 radical (unpaired) electrons. The highest BCUT2D eigenvalue weighted by Crippen LogP contribution is 2.28. The largest absolute Gasteiger partial charge is 0.443 e. The van der Waals surface area contributed by atoms with Gasteiger partial charge in [-0.25, -0.2) is 18.9 Å². The molecule has 0 bridgehead atoms. The smallest absolute Gasteiger partial charge is 0.324 e. The number of fused-ring (bicyclic) bond motifs is 1. The first-order valence-corrected chi connectivity index (χ1v) is 13.4. The van der Waals surface area contributed by atoms with E-state index in [9.17, 15) is 14.0 Å². The molecule has 1 aliphatic heterocycles. The molecule has 1 saturated heterocycles. The van der Waals surface area contributed by atoms with Gasteiger partial charge in [0.05, 0.1) is 17.6 Å². The second kappa shape index (κ2) is 11.9. The Kier molecular flexibility index (Phi) is 8.11. The first kappa shape index (κ1) is 27.3. The average molecular weight is 548 g/mol. The number of para-hydroxylation sites is 2. The number of nitrogens with one attached hydrogen (secondary N) is 1. The van der Waals surface area contributed by atoms with Crippen LogP contribution in [0.2, 0.25) is 0 Å². The van der Waals surface area contributed by atoms with Crippen LogP contribution in [-0.2, 0) is 22.8 Å². The first-order chi connectivity index (χ1) is 19.4. The highest BCUT2D eigenvalue weighted by molar-refractivity contribution is 5.79. The van der Waals surface area contributed by atoms with Crippen molar-refractivity contribution in [3.63, 3.8) is 0 Å². The van der Waals surface area contributed by atoms with Crippen molar-refractivity contribution in [3.05, 3.63) is 82.5 Å². The number of aromatic nitrogens is 4. The minimum atomic E-state index is -0.481. The Labute approximate surface area is 232 Å². The number of rotatable bonds is 9. The summed E-state index contributed by atoms with van der Waals surface area (Å²) in [5, 5.41) is 2.84. The van der Waals surface area contributed by atoms with Gasteiger partial charge in [0, 0.05) is 38.4 Å². The number of benzene rings is 2. The quantitative estimate of drug-likeness (QED) is 0.320. The summed E-state index contributed by atoms with van der Waals surface area (Å²) >= 11 is 0. The molecule has 3 heterocycles. The zero-order chi connectivity index (χ0) is 28.2. The van der Waals surface area contributed by atoms with Crippen LogP contribution in [0.4, 0.5) is 16.3 Å². The molecule has 0 amide bonds. The Morgan fingerprint density at radius 3 is 2.58 bits per heavy atom. The molecule has 4 aromatic rings. The summed E-state index contributed by atoms with van der Waals surface area (Å²) in [7, 11) is 3.59. The lowest BCUT2D eigenvalue weighted by Crippen LogP contribution is -2.46. The summed E-state index contributed by atoms with van der Waals surface area (Å²) in [6.07, 6.45) is 3.12. The molecule has 1 N–H and O–H groups in total. The number of hydrogen-bond donors (Lipinski definition) is 1. The van der Waals surface area contributed by atoms with Gasteiger partial charge in [-0.05, 0) is 56.6 Å². The third-order valence-corrected chi connectivity index (χ3v) is 7.54. The lowest BCUT2D eigenvalue weighted by atomic mass is 10.0. The maximum absolute atomic E-state index is 13.5. The molecule has 1 atom stereocenters. The summed E-state index contributed by atoms with van der Waals surface area (Å²) in [6.45, 7) is 3.59. The van der Waals surface area contributed by atoms with Gasteiger partial charge in [0.15, 0.2) is 6.73 Å². The van der Waals surface area contributed by atoms with Crippen molar-refractivity contribution in [2.75, 3.05) is 37.0 Å². The molecule has 0 spiro atoms. The number of carbonyl (C=O) groups is 1. The fourth-order valence-electron chi connectivity index (χ4n) is 5.05. The Bertz CT molecular complexity index is 1530. The van der Waals surface area contributed by atoms with Crippen LogP contribution >= 0.6 is 0 Å². The third-order valence-electron chi connectivity index (χ3n) is 7.54. The Morgan fingerprint density at radius 1 is 1.12 bits per heavy atom. The van der Waals surface area contributed by atoms with Crippen LogP contribution in [0.25, 0.3) is 11.0 Å². The predicted molar refractivity (Wildman–Crippen MR) is 152 cm³/mol. The number of piperidine rings is 1. The number of hydrogen-bond acceptors (Lipinski definition) is 8. The second-order valence-electron chi connectivity index (χ2n) is 10.1. The summed E-state index contributed by atoms with van der Waals surface area (Å²) in [4.78, 5) is 38.5. The van der Waals surface area contributed by atoms with Gasteiger partial charge in [0.1, 0.15) is 11.9 Å². The summed E-state index contributed by atoms with van der Waals surface area (Å²) < 4.78 is 22.4. The van der Waals surface area contributed by atoms with Crippen LogP contribution < -0.4 is 20.7 Å². The van der Waals surface area contributed by atoms with Gasteiger partial charge >= 0.3 is 5.97 Å². The lowest BCUT2D eigenvalue weighted by Gasteiger charge is -2.38. The van der Waals surface area contributed by atoms with Crippen molar-refractivity contribution < 1.29 is 13.9 Å². The zero-order valence-corrected chi connectivity index (χ0v) is 23.0.